The molecule has 2 aliphatic rings. The second-order valence-corrected chi connectivity index (χ2v) is 9.25. The van der Waals surface area contributed by atoms with E-state index in [0.29, 0.717) is 0 Å². The summed E-state index contributed by atoms with van der Waals surface area (Å²) in [5, 5.41) is 8.40. The van der Waals surface area contributed by atoms with Crippen LogP contribution in [0.4, 0.5) is 0 Å². The second-order valence-electron chi connectivity index (χ2n) is 9.25. The van der Waals surface area contributed by atoms with E-state index in [9.17, 15) is 0 Å². The molecule has 0 unspecified atom stereocenters. The average Bonchev–Trinajstić information content (AvgIpc) is 3.42. The molecule has 0 saturated heterocycles. The Hall–Kier alpha value is -3.90. The van der Waals surface area contributed by atoms with E-state index in [1.54, 1.807) is 0 Å². The highest BCUT2D eigenvalue weighted by molar-refractivity contribution is 6.30. The standard InChI is InChI=1S/C32H20/c1-3-9-22-20(8-1)18-29-25(22)15-16-28-31(29)26-12-6-5-11-24(26)27-14-13-21-17-19-7-2-4-10-23(19)30(21)32(27)28/h1-16H,17-18H2. The lowest BCUT2D eigenvalue weighted by atomic mass is 9.86. The maximum Gasteiger partial charge on any atom is -0.000706 e. The van der Waals surface area contributed by atoms with Gasteiger partial charge in [0.25, 0.3) is 0 Å². The molecule has 2 aliphatic carbocycles. The Labute approximate surface area is 186 Å². The van der Waals surface area contributed by atoms with Crippen molar-refractivity contribution in [1.82, 2.24) is 0 Å². The third-order valence-electron chi connectivity index (χ3n) is 7.70. The molecule has 8 rings (SSSR count). The largest absolute Gasteiger partial charge is 0.0619 e. The fraction of sp³-hybridized carbons (Fsp3) is 0.0625. The Balaban J connectivity index is 1.62. The Bertz CT molecular complexity index is 1770. The minimum atomic E-state index is 1.02. The van der Waals surface area contributed by atoms with Crippen molar-refractivity contribution in [3.8, 4) is 22.3 Å². The zero-order valence-electron chi connectivity index (χ0n) is 17.7. The van der Waals surface area contributed by atoms with Gasteiger partial charge in [-0.2, -0.15) is 0 Å². The van der Waals surface area contributed by atoms with Gasteiger partial charge in [0.05, 0.1) is 0 Å². The molecular weight excluding hydrogens is 384 g/mol. The molecule has 0 heterocycles. The molecule has 0 saturated carbocycles. The average molecular weight is 405 g/mol. The van der Waals surface area contributed by atoms with Crippen LogP contribution in [0.1, 0.15) is 22.3 Å². The van der Waals surface area contributed by atoms with Gasteiger partial charge >= 0.3 is 0 Å². The van der Waals surface area contributed by atoms with Gasteiger partial charge in [-0.25, -0.2) is 0 Å². The van der Waals surface area contributed by atoms with Gasteiger partial charge in [-0.1, -0.05) is 97.1 Å². The van der Waals surface area contributed by atoms with E-state index < -0.39 is 0 Å². The van der Waals surface area contributed by atoms with Gasteiger partial charge in [-0.05, 0) is 89.7 Å². The summed E-state index contributed by atoms with van der Waals surface area (Å²) in [6.07, 6.45) is 2.05. The molecule has 148 valence electrons. The molecular formula is C32H20. The molecule has 0 aromatic heterocycles. The van der Waals surface area contributed by atoms with E-state index >= 15 is 0 Å². The quantitative estimate of drug-likeness (QED) is 0.223. The van der Waals surface area contributed by atoms with Crippen molar-refractivity contribution >= 4 is 32.3 Å². The Morgan fingerprint density at radius 3 is 1.91 bits per heavy atom. The van der Waals surface area contributed by atoms with E-state index in [2.05, 4.69) is 97.1 Å². The highest BCUT2D eigenvalue weighted by Gasteiger charge is 2.26. The van der Waals surface area contributed by atoms with Crippen LogP contribution in [0.25, 0.3) is 54.6 Å². The third kappa shape index (κ3) is 1.98. The van der Waals surface area contributed by atoms with Gasteiger partial charge in [0, 0.05) is 0 Å². The molecule has 0 heteroatoms. The van der Waals surface area contributed by atoms with Gasteiger partial charge in [0.15, 0.2) is 0 Å². The van der Waals surface area contributed by atoms with Gasteiger partial charge < -0.3 is 0 Å². The van der Waals surface area contributed by atoms with E-state index in [-0.39, 0.29) is 0 Å². The first-order valence-corrected chi connectivity index (χ1v) is 11.5. The summed E-state index contributed by atoms with van der Waals surface area (Å²) < 4.78 is 0. The Morgan fingerprint density at radius 2 is 1.03 bits per heavy atom. The first-order valence-electron chi connectivity index (χ1n) is 11.5. The Kier molecular flexibility index (Phi) is 3.07. The zero-order valence-corrected chi connectivity index (χ0v) is 17.7. The molecule has 0 N–H and O–H groups in total. The molecule has 6 aromatic rings. The predicted molar refractivity (Wildman–Crippen MR) is 135 cm³/mol. The van der Waals surface area contributed by atoms with Crippen LogP contribution < -0.4 is 0 Å². The summed E-state index contributed by atoms with van der Waals surface area (Å²) in [5.41, 5.74) is 11.5. The number of fused-ring (bicyclic) bond motifs is 14. The molecule has 0 nitrogen and oxygen atoms in total. The molecule has 32 heavy (non-hydrogen) atoms. The summed E-state index contributed by atoms with van der Waals surface area (Å²) in [4.78, 5) is 0. The van der Waals surface area contributed by atoms with Crippen molar-refractivity contribution < 1.29 is 0 Å². The van der Waals surface area contributed by atoms with Gasteiger partial charge in [-0.3, -0.25) is 0 Å². The lowest BCUT2D eigenvalue weighted by molar-refractivity contribution is 1.27. The molecule has 0 amide bonds. The Morgan fingerprint density at radius 1 is 0.375 bits per heavy atom. The van der Waals surface area contributed by atoms with Crippen molar-refractivity contribution in [2.24, 2.45) is 0 Å². The van der Waals surface area contributed by atoms with Crippen molar-refractivity contribution in [2.45, 2.75) is 12.8 Å². The number of hydrogen-bond acceptors (Lipinski definition) is 0. The van der Waals surface area contributed by atoms with Crippen LogP contribution in [-0.4, -0.2) is 0 Å². The van der Waals surface area contributed by atoms with E-state index in [1.165, 1.54) is 76.8 Å². The fourth-order valence-electron chi connectivity index (χ4n) is 6.39. The minimum Gasteiger partial charge on any atom is -0.0619 e. The smallest absolute Gasteiger partial charge is 0.000706 e. The molecule has 0 aliphatic heterocycles. The summed E-state index contributed by atoms with van der Waals surface area (Å²) in [6, 6.07) is 36.4. The second kappa shape index (κ2) is 5.87. The summed E-state index contributed by atoms with van der Waals surface area (Å²) in [5.74, 6) is 0. The van der Waals surface area contributed by atoms with Crippen LogP contribution in [-0.2, 0) is 12.8 Å². The van der Waals surface area contributed by atoms with Crippen LogP contribution in [0.15, 0.2) is 97.1 Å². The van der Waals surface area contributed by atoms with Crippen LogP contribution in [0, 0.1) is 0 Å². The zero-order chi connectivity index (χ0) is 20.8. The normalized spacial score (nSPS) is 13.4. The van der Waals surface area contributed by atoms with E-state index in [0.717, 1.165) is 12.8 Å². The van der Waals surface area contributed by atoms with Crippen LogP contribution in [0.5, 0.6) is 0 Å². The fourth-order valence-corrected chi connectivity index (χ4v) is 6.39. The van der Waals surface area contributed by atoms with Gasteiger partial charge in [-0.15, -0.1) is 0 Å². The summed E-state index contributed by atoms with van der Waals surface area (Å²) in [7, 11) is 0. The van der Waals surface area contributed by atoms with Gasteiger partial charge in [0.1, 0.15) is 0 Å². The van der Waals surface area contributed by atoms with E-state index in [4.69, 9.17) is 0 Å². The SMILES string of the molecule is c1ccc2c(c1)Cc1c-2ccc2c1c1ccccc1c1ccc3c(c12)-c1ccccc1C3. The molecule has 0 bridgehead atoms. The van der Waals surface area contributed by atoms with Gasteiger partial charge in [0.2, 0.25) is 0 Å². The van der Waals surface area contributed by atoms with Crippen molar-refractivity contribution in [3.05, 3.63) is 119 Å². The van der Waals surface area contributed by atoms with Crippen LogP contribution in [0.2, 0.25) is 0 Å². The topological polar surface area (TPSA) is 0 Å². The highest BCUT2D eigenvalue weighted by Crippen LogP contribution is 2.49. The maximum atomic E-state index is 2.40. The van der Waals surface area contributed by atoms with Crippen molar-refractivity contribution in [3.63, 3.8) is 0 Å². The van der Waals surface area contributed by atoms with Crippen LogP contribution in [0.3, 0.4) is 0 Å². The molecule has 0 radical (unpaired) electrons. The molecule has 6 aromatic carbocycles. The first kappa shape index (κ1) is 16.8. The number of benzene rings is 6. The van der Waals surface area contributed by atoms with E-state index in [1.807, 2.05) is 0 Å². The first-order chi connectivity index (χ1) is 15.9. The summed E-state index contributed by atoms with van der Waals surface area (Å²) in [6.45, 7) is 0. The summed E-state index contributed by atoms with van der Waals surface area (Å²) >= 11 is 0. The maximum absolute atomic E-state index is 2.40. The number of hydrogen-bond donors (Lipinski definition) is 0. The lowest BCUT2D eigenvalue weighted by Gasteiger charge is -2.17. The highest BCUT2D eigenvalue weighted by atomic mass is 14.3. The molecule has 0 spiro atoms. The monoisotopic (exact) mass is 404 g/mol. The molecule has 0 atom stereocenters. The minimum absolute atomic E-state index is 1.02. The predicted octanol–water partition coefficient (Wildman–Crippen LogP) is 8.29. The van der Waals surface area contributed by atoms with Crippen LogP contribution >= 0.6 is 0 Å². The molecule has 0 fully saturated rings. The third-order valence-corrected chi connectivity index (χ3v) is 7.70. The number of rotatable bonds is 0. The lowest BCUT2D eigenvalue weighted by Crippen LogP contribution is -1.91. The van der Waals surface area contributed by atoms with Crippen molar-refractivity contribution in [2.75, 3.05) is 0 Å². The van der Waals surface area contributed by atoms with Crippen molar-refractivity contribution in [1.29, 1.82) is 0 Å².